The van der Waals surface area contributed by atoms with E-state index in [9.17, 15) is 13.2 Å². The van der Waals surface area contributed by atoms with Crippen LogP contribution in [0.25, 0.3) is 0 Å². The molecule has 0 unspecified atom stereocenters. The van der Waals surface area contributed by atoms with Crippen LogP contribution in [0.1, 0.15) is 5.56 Å². The van der Waals surface area contributed by atoms with Crippen LogP contribution in [-0.4, -0.2) is 12.0 Å². The number of hydrogen-bond donors (Lipinski definition) is 1. The molecule has 0 amide bonds. The van der Waals surface area contributed by atoms with Crippen LogP contribution < -0.4 is 10.1 Å². The Morgan fingerprint density at radius 2 is 1.79 bits per heavy atom. The zero-order chi connectivity index (χ0) is 13.9. The number of aromatic nitrogens is 1. The summed E-state index contributed by atoms with van der Waals surface area (Å²) in [7, 11) is 1.77. The van der Waals surface area contributed by atoms with E-state index in [0.717, 1.165) is 24.0 Å². The monoisotopic (exact) mass is 268 g/mol. The van der Waals surface area contributed by atoms with E-state index in [4.69, 9.17) is 4.74 Å². The first kappa shape index (κ1) is 13.2. The summed E-state index contributed by atoms with van der Waals surface area (Å²) in [6.45, 7) is 0. The average Bonchev–Trinajstić information content (AvgIpc) is 2.39. The second kappa shape index (κ2) is 5.17. The molecule has 0 radical (unpaired) electrons. The lowest BCUT2D eigenvalue weighted by Crippen LogP contribution is -2.05. The highest BCUT2D eigenvalue weighted by Crippen LogP contribution is 2.31. The summed E-state index contributed by atoms with van der Waals surface area (Å²) in [5.41, 5.74) is 0.0914. The zero-order valence-corrected chi connectivity index (χ0v) is 10.0. The molecule has 0 aliphatic carbocycles. The Morgan fingerprint density at radius 3 is 2.37 bits per heavy atom. The van der Waals surface area contributed by atoms with Crippen molar-refractivity contribution in [1.82, 2.24) is 4.98 Å². The van der Waals surface area contributed by atoms with Crippen LogP contribution in [0.3, 0.4) is 0 Å². The lowest BCUT2D eigenvalue weighted by atomic mass is 10.2. The lowest BCUT2D eigenvalue weighted by molar-refractivity contribution is -0.137. The number of pyridine rings is 1. The fourth-order valence-corrected chi connectivity index (χ4v) is 1.45. The van der Waals surface area contributed by atoms with Gasteiger partial charge in [0.25, 0.3) is 0 Å². The number of anilines is 1. The molecule has 0 aliphatic heterocycles. The molecule has 2 rings (SSSR count). The molecule has 3 nitrogen and oxygen atoms in total. The summed E-state index contributed by atoms with van der Waals surface area (Å²) in [5.74, 6) is 0.331. The van der Waals surface area contributed by atoms with E-state index in [1.165, 1.54) is 0 Å². The Hall–Kier alpha value is -2.24. The highest BCUT2D eigenvalue weighted by atomic mass is 19.4. The molecular formula is C13H11F3N2O. The second-order valence-electron chi connectivity index (χ2n) is 3.76. The molecule has 19 heavy (non-hydrogen) atoms. The Kier molecular flexibility index (Phi) is 3.59. The average molecular weight is 268 g/mol. The molecule has 0 aliphatic rings. The van der Waals surface area contributed by atoms with E-state index in [0.29, 0.717) is 5.75 Å². The largest absolute Gasteiger partial charge is 0.439 e. The predicted octanol–water partition coefficient (Wildman–Crippen LogP) is 3.93. The zero-order valence-electron chi connectivity index (χ0n) is 10.0. The van der Waals surface area contributed by atoms with Gasteiger partial charge in [0.2, 0.25) is 5.88 Å². The third-order valence-electron chi connectivity index (χ3n) is 2.43. The molecule has 0 fully saturated rings. The van der Waals surface area contributed by atoms with Gasteiger partial charge in [0, 0.05) is 25.0 Å². The van der Waals surface area contributed by atoms with Gasteiger partial charge in [0.1, 0.15) is 5.75 Å². The van der Waals surface area contributed by atoms with Crippen molar-refractivity contribution in [3.05, 3.63) is 48.2 Å². The molecule has 0 atom stereocenters. The summed E-state index contributed by atoms with van der Waals surface area (Å²) in [5, 5.41) is 2.93. The molecule has 1 aromatic carbocycles. The van der Waals surface area contributed by atoms with Crippen molar-refractivity contribution in [2.24, 2.45) is 0 Å². The van der Waals surface area contributed by atoms with Crippen molar-refractivity contribution in [1.29, 1.82) is 0 Å². The smallest absolute Gasteiger partial charge is 0.416 e. The summed E-state index contributed by atoms with van der Waals surface area (Å²) in [6.07, 6.45) is -3.34. The van der Waals surface area contributed by atoms with Gasteiger partial charge in [0.15, 0.2) is 0 Å². The molecule has 0 saturated carbocycles. The van der Waals surface area contributed by atoms with E-state index in [1.807, 2.05) is 0 Å². The molecular weight excluding hydrogens is 257 g/mol. The third kappa shape index (κ3) is 3.37. The summed E-state index contributed by atoms with van der Waals surface area (Å²) in [4.78, 5) is 3.75. The van der Waals surface area contributed by atoms with E-state index in [-0.39, 0.29) is 5.88 Å². The number of halogens is 3. The predicted molar refractivity (Wildman–Crippen MR) is 65.3 cm³/mol. The maximum atomic E-state index is 12.5. The minimum absolute atomic E-state index is 0.0907. The highest BCUT2D eigenvalue weighted by molar-refractivity contribution is 5.46. The maximum absolute atomic E-state index is 12.5. The van der Waals surface area contributed by atoms with Gasteiger partial charge in [0.05, 0.1) is 5.56 Å². The van der Waals surface area contributed by atoms with Crippen LogP contribution in [0, 0.1) is 0 Å². The van der Waals surface area contributed by atoms with E-state index in [1.54, 1.807) is 31.3 Å². The molecule has 2 aromatic rings. The molecule has 100 valence electrons. The number of hydrogen-bond acceptors (Lipinski definition) is 3. The topological polar surface area (TPSA) is 34.1 Å². The van der Waals surface area contributed by atoms with Gasteiger partial charge in [-0.15, -0.1) is 0 Å². The number of benzene rings is 1. The molecule has 6 heteroatoms. The summed E-state index contributed by atoms with van der Waals surface area (Å²) in [6, 6.07) is 8.57. The maximum Gasteiger partial charge on any atom is 0.416 e. The van der Waals surface area contributed by atoms with Crippen LogP contribution in [0.4, 0.5) is 18.9 Å². The second-order valence-corrected chi connectivity index (χ2v) is 3.76. The number of nitrogens with zero attached hydrogens (tertiary/aromatic N) is 1. The van der Waals surface area contributed by atoms with Gasteiger partial charge in [-0.2, -0.15) is 13.2 Å². The normalized spacial score (nSPS) is 11.2. The quantitative estimate of drug-likeness (QED) is 0.915. The van der Waals surface area contributed by atoms with Crippen molar-refractivity contribution in [3.8, 4) is 11.6 Å². The third-order valence-corrected chi connectivity index (χ3v) is 2.43. The number of ether oxygens (including phenoxy) is 1. The molecule has 0 bridgehead atoms. The van der Waals surface area contributed by atoms with Crippen LogP contribution in [0.15, 0.2) is 42.6 Å². The van der Waals surface area contributed by atoms with Gasteiger partial charge in [-0.25, -0.2) is 4.98 Å². The van der Waals surface area contributed by atoms with Crippen LogP contribution >= 0.6 is 0 Å². The standard InChI is InChI=1S/C13H11F3N2O/c1-17-10-2-4-11(5-3-10)19-12-8-9(6-7-18-12)13(14,15)16/h2-8,17H,1H3. The SMILES string of the molecule is CNc1ccc(Oc2cc(C(F)(F)F)ccn2)cc1. The Labute approximate surface area is 108 Å². The number of nitrogens with one attached hydrogen (secondary N) is 1. The molecule has 1 heterocycles. The first-order valence-electron chi connectivity index (χ1n) is 5.48. The molecule has 1 aromatic heterocycles. The van der Waals surface area contributed by atoms with Gasteiger partial charge in [-0.1, -0.05) is 0 Å². The van der Waals surface area contributed by atoms with Crippen LogP contribution in [-0.2, 0) is 6.18 Å². The van der Waals surface area contributed by atoms with Crippen molar-refractivity contribution < 1.29 is 17.9 Å². The first-order chi connectivity index (χ1) is 8.99. The fourth-order valence-electron chi connectivity index (χ4n) is 1.45. The minimum atomic E-state index is -4.41. The van der Waals surface area contributed by atoms with Crippen molar-refractivity contribution in [2.45, 2.75) is 6.18 Å². The summed E-state index contributed by atoms with van der Waals surface area (Å²) >= 11 is 0. The van der Waals surface area contributed by atoms with Crippen molar-refractivity contribution in [2.75, 3.05) is 12.4 Å². The van der Waals surface area contributed by atoms with E-state index >= 15 is 0 Å². The lowest BCUT2D eigenvalue weighted by Gasteiger charge is -2.09. The van der Waals surface area contributed by atoms with Crippen molar-refractivity contribution >= 4 is 5.69 Å². The van der Waals surface area contributed by atoms with Gasteiger partial charge in [-0.3, -0.25) is 0 Å². The minimum Gasteiger partial charge on any atom is -0.439 e. The van der Waals surface area contributed by atoms with Crippen LogP contribution in [0.2, 0.25) is 0 Å². The first-order valence-corrected chi connectivity index (χ1v) is 5.48. The number of alkyl halides is 3. The molecule has 1 N–H and O–H groups in total. The number of rotatable bonds is 3. The highest BCUT2D eigenvalue weighted by Gasteiger charge is 2.30. The van der Waals surface area contributed by atoms with E-state index in [2.05, 4.69) is 10.3 Å². The van der Waals surface area contributed by atoms with Gasteiger partial charge in [-0.05, 0) is 30.3 Å². The Balaban J connectivity index is 2.18. The molecule has 0 spiro atoms. The Bertz CT molecular complexity index is 553. The van der Waals surface area contributed by atoms with Crippen molar-refractivity contribution in [3.63, 3.8) is 0 Å². The van der Waals surface area contributed by atoms with Gasteiger partial charge >= 0.3 is 6.18 Å². The Morgan fingerprint density at radius 1 is 1.11 bits per heavy atom. The van der Waals surface area contributed by atoms with E-state index < -0.39 is 11.7 Å². The fraction of sp³-hybridized carbons (Fsp3) is 0.154. The van der Waals surface area contributed by atoms with Gasteiger partial charge < -0.3 is 10.1 Å². The van der Waals surface area contributed by atoms with Crippen LogP contribution in [0.5, 0.6) is 11.6 Å². The molecule has 0 saturated heterocycles. The summed E-state index contributed by atoms with van der Waals surface area (Å²) < 4.78 is 42.8.